The van der Waals surface area contributed by atoms with Crippen molar-refractivity contribution >= 4 is 33.4 Å². The standard InChI is InChI=1S/C27H29N3O2/c1-4-22(31)28-17-11-9-16(10-12-17)26(32)25-24-23(18-7-5-6-8-20(18)29-24)19-13-14-27(2,3)15-21(19)30-25/h5-12,26,29,32H,4,13-15H2,1-3H3,(H,28,31). The summed E-state index contributed by atoms with van der Waals surface area (Å²) in [7, 11) is 0. The van der Waals surface area contributed by atoms with E-state index in [9.17, 15) is 9.90 Å². The van der Waals surface area contributed by atoms with Crippen LogP contribution in [0.15, 0.2) is 48.5 Å². The number of aromatic nitrogens is 2. The molecule has 0 bridgehead atoms. The predicted octanol–water partition coefficient (Wildman–Crippen LogP) is 5.66. The van der Waals surface area contributed by atoms with E-state index in [0.29, 0.717) is 12.1 Å². The number of aliphatic hydroxyl groups excluding tert-OH is 1. The number of carbonyl (C=O) groups is 1. The van der Waals surface area contributed by atoms with Gasteiger partial charge in [-0.05, 0) is 54.0 Å². The van der Waals surface area contributed by atoms with Crippen LogP contribution in [0.1, 0.15) is 62.2 Å². The number of hydrogen-bond donors (Lipinski definition) is 3. The molecule has 0 saturated carbocycles. The first-order valence-electron chi connectivity index (χ1n) is 11.4. The summed E-state index contributed by atoms with van der Waals surface area (Å²) in [5.74, 6) is -0.0305. The zero-order valence-corrected chi connectivity index (χ0v) is 18.8. The van der Waals surface area contributed by atoms with Crippen molar-refractivity contribution in [1.82, 2.24) is 9.97 Å². The molecule has 1 aliphatic rings. The molecule has 2 aromatic carbocycles. The van der Waals surface area contributed by atoms with Gasteiger partial charge in [-0.1, -0.05) is 51.1 Å². The largest absolute Gasteiger partial charge is 0.382 e. The van der Waals surface area contributed by atoms with E-state index in [0.717, 1.165) is 47.2 Å². The van der Waals surface area contributed by atoms with Gasteiger partial charge in [0.2, 0.25) is 5.91 Å². The van der Waals surface area contributed by atoms with E-state index in [-0.39, 0.29) is 11.3 Å². The van der Waals surface area contributed by atoms with Crippen molar-refractivity contribution in [3.63, 3.8) is 0 Å². The van der Waals surface area contributed by atoms with Gasteiger partial charge in [-0.2, -0.15) is 0 Å². The smallest absolute Gasteiger partial charge is 0.224 e. The molecule has 3 N–H and O–H groups in total. The minimum absolute atomic E-state index is 0.0305. The van der Waals surface area contributed by atoms with Crippen LogP contribution in [0.3, 0.4) is 0 Å². The number of aromatic amines is 1. The normalized spacial score (nSPS) is 16.1. The fourth-order valence-corrected chi connectivity index (χ4v) is 4.84. The zero-order valence-electron chi connectivity index (χ0n) is 18.8. The van der Waals surface area contributed by atoms with Gasteiger partial charge in [0.1, 0.15) is 6.10 Å². The first kappa shape index (κ1) is 20.7. The number of aryl methyl sites for hydroxylation is 1. The Morgan fingerprint density at radius 3 is 2.69 bits per heavy atom. The molecule has 5 nitrogen and oxygen atoms in total. The lowest BCUT2D eigenvalue weighted by Crippen LogP contribution is -2.24. The maximum atomic E-state index is 11.7. The number of amides is 1. The Morgan fingerprint density at radius 2 is 1.94 bits per heavy atom. The van der Waals surface area contributed by atoms with Crippen molar-refractivity contribution in [2.45, 2.75) is 52.6 Å². The molecule has 32 heavy (non-hydrogen) atoms. The van der Waals surface area contributed by atoms with Gasteiger partial charge in [0.25, 0.3) is 0 Å². The van der Waals surface area contributed by atoms with Gasteiger partial charge in [-0.25, -0.2) is 0 Å². The highest BCUT2D eigenvalue weighted by molar-refractivity contribution is 6.10. The van der Waals surface area contributed by atoms with Crippen molar-refractivity contribution in [1.29, 1.82) is 0 Å². The maximum absolute atomic E-state index is 11.7. The molecule has 5 heteroatoms. The van der Waals surface area contributed by atoms with Crippen LogP contribution < -0.4 is 5.32 Å². The lowest BCUT2D eigenvalue weighted by Gasteiger charge is -2.31. The van der Waals surface area contributed by atoms with Crippen molar-refractivity contribution in [2.75, 3.05) is 5.32 Å². The highest BCUT2D eigenvalue weighted by atomic mass is 16.3. The van der Waals surface area contributed by atoms with Gasteiger partial charge in [-0.3, -0.25) is 9.78 Å². The van der Waals surface area contributed by atoms with E-state index in [2.05, 4.69) is 42.3 Å². The summed E-state index contributed by atoms with van der Waals surface area (Å²) >= 11 is 0. The van der Waals surface area contributed by atoms with E-state index in [1.165, 1.54) is 16.3 Å². The molecule has 0 radical (unpaired) electrons. The summed E-state index contributed by atoms with van der Waals surface area (Å²) in [6.45, 7) is 6.40. The molecule has 0 aliphatic heterocycles. The number of fused-ring (bicyclic) bond motifs is 5. The van der Waals surface area contributed by atoms with Crippen LogP contribution in [-0.4, -0.2) is 21.0 Å². The van der Waals surface area contributed by atoms with E-state index in [4.69, 9.17) is 4.98 Å². The van der Waals surface area contributed by atoms with Crippen LogP contribution in [0.4, 0.5) is 5.69 Å². The predicted molar refractivity (Wildman–Crippen MR) is 129 cm³/mol. The minimum atomic E-state index is -0.864. The van der Waals surface area contributed by atoms with E-state index < -0.39 is 6.10 Å². The van der Waals surface area contributed by atoms with Crippen LogP contribution >= 0.6 is 0 Å². The van der Waals surface area contributed by atoms with Gasteiger partial charge in [0.15, 0.2) is 0 Å². The number of hydrogen-bond acceptors (Lipinski definition) is 3. The number of para-hydroxylation sites is 1. The average Bonchev–Trinajstić information content (AvgIpc) is 3.17. The minimum Gasteiger partial charge on any atom is -0.382 e. The summed E-state index contributed by atoms with van der Waals surface area (Å²) in [5, 5.41) is 16.6. The summed E-state index contributed by atoms with van der Waals surface area (Å²) in [6, 6.07) is 15.7. The molecular weight excluding hydrogens is 398 g/mol. The Bertz CT molecular complexity index is 1320. The third kappa shape index (κ3) is 3.56. The lowest BCUT2D eigenvalue weighted by atomic mass is 9.75. The SMILES string of the molecule is CCC(=O)Nc1ccc(C(O)c2nc3c(c4c2[nH]c2ccccc24)CCC(C)(C)C3)cc1. The number of aliphatic hydroxyl groups is 1. The number of carbonyl (C=O) groups excluding carboxylic acids is 1. The summed E-state index contributed by atoms with van der Waals surface area (Å²) in [6.07, 6.45) is 2.59. The Labute approximate surface area is 187 Å². The van der Waals surface area contributed by atoms with E-state index >= 15 is 0 Å². The fourth-order valence-electron chi connectivity index (χ4n) is 4.84. The summed E-state index contributed by atoms with van der Waals surface area (Å²) in [4.78, 5) is 20.2. The molecule has 1 unspecified atom stereocenters. The number of pyridine rings is 1. The molecule has 0 spiro atoms. The molecule has 1 amide bonds. The van der Waals surface area contributed by atoms with Gasteiger partial charge < -0.3 is 15.4 Å². The molecule has 2 heterocycles. The van der Waals surface area contributed by atoms with Crippen molar-refractivity contribution in [2.24, 2.45) is 5.41 Å². The summed E-state index contributed by atoms with van der Waals surface area (Å²) < 4.78 is 0. The molecule has 1 atom stereocenters. The highest BCUT2D eigenvalue weighted by Gasteiger charge is 2.31. The highest BCUT2D eigenvalue weighted by Crippen LogP contribution is 2.41. The first-order chi connectivity index (χ1) is 15.4. The van der Waals surface area contributed by atoms with Crippen LogP contribution in [0.5, 0.6) is 0 Å². The zero-order chi connectivity index (χ0) is 22.5. The Morgan fingerprint density at radius 1 is 1.19 bits per heavy atom. The molecular formula is C27H29N3O2. The van der Waals surface area contributed by atoms with Gasteiger partial charge in [-0.15, -0.1) is 0 Å². The average molecular weight is 428 g/mol. The third-order valence-corrected chi connectivity index (χ3v) is 6.66. The Hall–Kier alpha value is -3.18. The van der Waals surface area contributed by atoms with Crippen molar-refractivity contribution < 1.29 is 9.90 Å². The van der Waals surface area contributed by atoms with Gasteiger partial charge >= 0.3 is 0 Å². The number of benzene rings is 2. The molecule has 1 aliphatic carbocycles. The van der Waals surface area contributed by atoms with Crippen LogP contribution in [0.25, 0.3) is 21.8 Å². The summed E-state index contributed by atoms with van der Waals surface area (Å²) in [5.41, 5.74) is 6.73. The number of H-pyrrole nitrogens is 1. The molecule has 4 aromatic rings. The first-order valence-corrected chi connectivity index (χ1v) is 11.4. The molecule has 164 valence electrons. The molecule has 2 aromatic heterocycles. The second kappa shape index (κ2) is 7.75. The van der Waals surface area contributed by atoms with E-state index in [1.54, 1.807) is 0 Å². The molecule has 5 rings (SSSR count). The van der Waals surface area contributed by atoms with Crippen molar-refractivity contribution in [3.05, 3.63) is 71.0 Å². The Balaban J connectivity index is 1.64. The number of rotatable bonds is 4. The monoisotopic (exact) mass is 427 g/mol. The number of nitrogens with zero attached hydrogens (tertiary/aromatic N) is 1. The van der Waals surface area contributed by atoms with Gasteiger partial charge in [0, 0.05) is 34.1 Å². The quantitative estimate of drug-likeness (QED) is 0.393. The van der Waals surface area contributed by atoms with Crippen LogP contribution in [0.2, 0.25) is 0 Å². The maximum Gasteiger partial charge on any atom is 0.224 e. The number of anilines is 1. The molecule has 0 saturated heterocycles. The van der Waals surface area contributed by atoms with Crippen LogP contribution in [0, 0.1) is 5.41 Å². The second-order valence-corrected chi connectivity index (χ2v) is 9.61. The topological polar surface area (TPSA) is 78.0 Å². The van der Waals surface area contributed by atoms with E-state index in [1.807, 2.05) is 37.3 Å². The van der Waals surface area contributed by atoms with Crippen LogP contribution in [-0.2, 0) is 17.6 Å². The molecule has 0 fully saturated rings. The fraction of sp³-hybridized carbons (Fsp3) is 0.333. The number of nitrogens with one attached hydrogen (secondary N) is 2. The lowest BCUT2D eigenvalue weighted by molar-refractivity contribution is -0.115. The second-order valence-electron chi connectivity index (χ2n) is 9.61. The third-order valence-electron chi connectivity index (χ3n) is 6.66. The van der Waals surface area contributed by atoms with Gasteiger partial charge in [0.05, 0.1) is 11.2 Å². The Kier molecular flexibility index (Phi) is 5.01. The van der Waals surface area contributed by atoms with Crippen molar-refractivity contribution in [3.8, 4) is 0 Å².